The Labute approximate surface area is 145 Å². The number of nitrogens with one attached hydrogen (secondary N) is 2. The van der Waals surface area contributed by atoms with Gasteiger partial charge in [0, 0.05) is 30.6 Å². The molecular weight excluding hydrogens is 322 g/mol. The van der Waals surface area contributed by atoms with Crippen LogP contribution in [0.4, 0.5) is 5.82 Å². The van der Waals surface area contributed by atoms with Gasteiger partial charge < -0.3 is 10.6 Å². The molecule has 0 amide bonds. The lowest BCUT2D eigenvalue weighted by atomic mass is 9.99. The standard InChI is InChI=1S/C18H18ClN5/c1-11-6-16(21-8-11)23-17-7-15(12-9-20-10-12)22-18(24-17)13-4-2-3-5-14(13)19/h2-7,12,20H,8-10H2,1H3,(H,21,22,23,24). The van der Waals surface area contributed by atoms with Gasteiger partial charge in [0.25, 0.3) is 0 Å². The van der Waals surface area contributed by atoms with Crippen LogP contribution in [-0.2, 0) is 0 Å². The third kappa shape index (κ3) is 3.05. The summed E-state index contributed by atoms with van der Waals surface area (Å²) in [5.74, 6) is 2.66. The maximum atomic E-state index is 6.33. The SMILES string of the molecule is CC1=CC(Nc2cc(C3CNC3)nc(-c3ccccc3Cl)n2)=NC1. The van der Waals surface area contributed by atoms with Gasteiger partial charge in [0.15, 0.2) is 5.82 Å². The van der Waals surface area contributed by atoms with E-state index in [0.717, 1.165) is 42.5 Å². The minimum Gasteiger partial charge on any atom is -0.325 e. The molecular formula is C18H18ClN5. The molecule has 1 aromatic carbocycles. The van der Waals surface area contributed by atoms with Crippen molar-refractivity contribution in [3.05, 3.63) is 52.7 Å². The summed E-state index contributed by atoms with van der Waals surface area (Å²) in [6.45, 7) is 4.69. The third-order valence-electron chi connectivity index (χ3n) is 4.20. The molecule has 1 saturated heterocycles. The van der Waals surface area contributed by atoms with Crippen LogP contribution in [0.5, 0.6) is 0 Å². The highest BCUT2D eigenvalue weighted by Crippen LogP contribution is 2.28. The van der Waals surface area contributed by atoms with Gasteiger partial charge in [0.1, 0.15) is 11.7 Å². The van der Waals surface area contributed by atoms with E-state index in [4.69, 9.17) is 16.6 Å². The molecule has 0 spiro atoms. The van der Waals surface area contributed by atoms with Crippen LogP contribution in [0.25, 0.3) is 11.4 Å². The minimum atomic E-state index is 0.414. The van der Waals surface area contributed by atoms with Crippen LogP contribution >= 0.6 is 11.6 Å². The van der Waals surface area contributed by atoms with Crippen molar-refractivity contribution in [3.8, 4) is 11.4 Å². The molecule has 2 aromatic rings. The molecule has 5 nitrogen and oxygen atoms in total. The number of hydrogen-bond donors (Lipinski definition) is 2. The fourth-order valence-corrected chi connectivity index (χ4v) is 2.96. The third-order valence-corrected chi connectivity index (χ3v) is 4.53. The lowest BCUT2D eigenvalue weighted by molar-refractivity contribution is 0.440. The molecule has 6 heteroatoms. The van der Waals surface area contributed by atoms with Crippen LogP contribution in [0.15, 0.2) is 47.0 Å². The van der Waals surface area contributed by atoms with Gasteiger partial charge in [-0.2, -0.15) is 0 Å². The zero-order chi connectivity index (χ0) is 16.5. The summed E-state index contributed by atoms with van der Waals surface area (Å²) in [7, 11) is 0. The molecule has 2 aliphatic rings. The summed E-state index contributed by atoms with van der Waals surface area (Å²) in [6.07, 6.45) is 2.04. The van der Waals surface area contributed by atoms with E-state index in [2.05, 4.69) is 27.5 Å². The van der Waals surface area contributed by atoms with Crippen LogP contribution in [-0.4, -0.2) is 35.4 Å². The summed E-state index contributed by atoms with van der Waals surface area (Å²) in [5, 5.41) is 7.25. The molecule has 1 aromatic heterocycles. The van der Waals surface area contributed by atoms with Crippen LogP contribution in [0.1, 0.15) is 18.5 Å². The fraction of sp³-hybridized carbons (Fsp3) is 0.278. The number of rotatable bonds is 3. The first-order valence-corrected chi connectivity index (χ1v) is 8.40. The van der Waals surface area contributed by atoms with Crippen molar-refractivity contribution in [2.75, 3.05) is 25.0 Å². The normalized spacial score (nSPS) is 17.2. The Hall–Kier alpha value is -2.24. The smallest absolute Gasteiger partial charge is 0.163 e. The molecule has 0 saturated carbocycles. The predicted molar refractivity (Wildman–Crippen MR) is 97.8 cm³/mol. The minimum absolute atomic E-state index is 0.414. The Kier molecular flexibility index (Phi) is 4.04. The highest BCUT2D eigenvalue weighted by molar-refractivity contribution is 6.33. The van der Waals surface area contributed by atoms with Crippen molar-refractivity contribution in [1.82, 2.24) is 15.3 Å². The van der Waals surface area contributed by atoms with E-state index in [9.17, 15) is 0 Å². The van der Waals surface area contributed by atoms with E-state index in [-0.39, 0.29) is 0 Å². The van der Waals surface area contributed by atoms with Crippen molar-refractivity contribution < 1.29 is 0 Å². The molecule has 0 radical (unpaired) electrons. The highest BCUT2D eigenvalue weighted by atomic mass is 35.5. The number of benzene rings is 1. The van der Waals surface area contributed by atoms with Crippen molar-refractivity contribution in [1.29, 1.82) is 0 Å². The highest BCUT2D eigenvalue weighted by Gasteiger charge is 2.23. The molecule has 3 heterocycles. The van der Waals surface area contributed by atoms with Crippen LogP contribution in [0.3, 0.4) is 0 Å². The lowest BCUT2D eigenvalue weighted by Gasteiger charge is -2.27. The maximum Gasteiger partial charge on any atom is 0.163 e. The van der Waals surface area contributed by atoms with Gasteiger partial charge in [-0.1, -0.05) is 23.7 Å². The Morgan fingerprint density at radius 2 is 2.04 bits per heavy atom. The second-order valence-corrected chi connectivity index (χ2v) is 6.56. The van der Waals surface area contributed by atoms with Gasteiger partial charge in [-0.25, -0.2) is 9.97 Å². The molecule has 122 valence electrons. The number of aliphatic imine (C=N–C) groups is 1. The summed E-state index contributed by atoms with van der Waals surface area (Å²) in [5.41, 5.74) is 3.11. The van der Waals surface area contributed by atoms with E-state index in [0.29, 0.717) is 16.8 Å². The number of aromatic nitrogens is 2. The first-order chi connectivity index (χ1) is 11.7. The van der Waals surface area contributed by atoms with Crippen molar-refractivity contribution >= 4 is 23.3 Å². The molecule has 2 N–H and O–H groups in total. The molecule has 0 unspecified atom stereocenters. The number of amidine groups is 1. The van der Waals surface area contributed by atoms with Gasteiger partial charge >= 0.3 is 0 Å². The van der Waals surface area contributed by atoms with Crippen molar-refractivity contribution in [2.45, 2.75) is 12.8 Å². The number of halogens is 1. The average molecular weight is 340 g/mol. The van der Waals surface area contributed by atoms with E-state index < -0.39 is 0 Å². The summed E-state index contributed by atoms with van der Waals surface area (Å²) < 4.78 is 0. The first kappa shape index (κ1) is 15.3. The average Bonchev–Trinajstić information content (AvgIpc) is 2.91. The molecule has 0 bridgehead atoms. The molecule has 0 aliphatic carbocycles. The predicted octanol–water partition coefficient (Wildman–Crippen LogP) is 3.25. The molecule has 2 aliphatic heterocycles. The second kappa shape index (κ2) is 6.34. The lowest BCUT2D eigenvalue weighted by Crippen LogP contribution is -2.40. The Morgan fingerprint density at radius 3 is 2.71 bits per heavy atom. The van der Waals surface area contributed by atoms with E-state index in [1.54, 1.807) is 0 Å². The Balaban J connectivity index is 1.73. The van der Waals surface area contributed by atoms with Crippen LogP contribution in [0.2, 0.25) is 5.02 Å². The van der Waals surface area contributed by atoms with Gasteiger partial charge in [-0.3, -0.25) is 4.99 Å². The number of anilines is 1. The van der Waals surface area contributed by atoms with Gasteiger partial charge in [0.2, 0.25) is 0 Å². The van der Waals surface area contributed by atoms with Crippen LogP contribution in [0, 0.1) is 0 Å². The zero-order valence-corrected chi connectivity index (χ0v) is 14.1. The maximum absolute atomic E-state index is 6.33. The number of hydrogen-bond acceptors (Lipinski definition) is 5. The van der Waals surface area contributed by atoms with Gasteiger partial charge in [-0.05, 0) is 30.7 Å². The molecule has 1 fully saturated rings. The van der Waals surface area contributed by atoms with E-state index in [1.165, 1.54) is 5.57 Å². The Bertz CT molecular complexity index is 839. The van der Waals surface area contributed by atoms with Crippen molar-refractivity contribution in [3.63, 3.8) is 0 Å². The summed E-state index contributed by atoms with van der Waals surface area (Å²) in [6, 6.07) is 9.67. The zero-order valence-electron chi connectivity index (χ0n) is 13.4. The second-order valence-electron chi connectivity index (χ2n) is 6.15. The van der Waals surface area contributed by atoms with E-state index in [1.807, 2.05) is 36.4 Å². The quantitative estimate of drug-likeness (QED) is 0.901. The summed E-state index contributed by atoms with van der Waals surface area (Å²) >= 11 is 6.33. The monoisotopic (exact) mass is 339 g/mol. The van der Waals surface area contributed by atoms with Crippen molar-refractivity contribution in [2.24, 2.45) is 4.99 Å². The fourth-order valence-electron chi connectivity index (χ4n) is 2.74. The van der Waals surface area contributed by atoms with Crippen LogP contribution < -0.4 is 10.6 Å². The van der Waals surface area contributed by atoms with E-state index >= 15 is 0 Å². The first-order valence-electron chi connectivity index (χ1n) is 8.02. The Morgan fingerprint density at radius 1 is 1.21 bits per heavy atom. The van der Waals surface area contributed by atoms with Gasteiger partial charge in [-0.15, -0.1) is 0 Å². The topological polar surface area (TPSA) is 62.2 Å². The summed E-state index contributed by atoms with van der Waals surface area (Å²) in [4.78, 5) is 13.9. The molecule has 24 heavy (non-hydrogen) atoms. The number of nitrogens with zero attached hydrogens (tertiary/aromatic N) is 3. The molecule has 0 atom stereocenters. The van der Waals surface area contributed by atoms with Gasteiger partial charge in [0.05, 0.1) is 17.3 Å². The largest absolute Gasteiger partial charge is 0.325 e. The molecule has 4 rings (SSSR count).